The monoisotopic (exact) mass is 417 g/mol. The number of rotatable bonds is 4. The topological polar surface area (TPSA) is 100.0 Å². The van der Waals surface area contributed by atoms with Crippen molar-refractivity contribution < 1.29 is 23.2 Å². The molecule has 0 fully saturated rings. The Labute approximate surface area is 171 Å². The number of benzene rings is 1. The predicted octanol–water partition coefficient (Wildman–Crippen LogP) is 3.05. The zero-order valence-corrected chi connectivity index (χ0v) is 17.8. The molecule has 2 heterocycles. The number of hydrogen-bond donors (Lipinski definition) is 0. The third kappa shape index (κ3) is 4.61. The fourth-order valence-corrected chi connectivity index (χ4v) is 3.30. The second-order valence-electron chi connectivity index (χ2n) is 7.39. The van der Waals surface area contributed by atoms with Crippen LogP contribution in [0.5, 0.6) is 11.5 Å². The van der Waals surface area contributed by atoms with Crippen molar-refractivity contribution >= 4 is 22.7 Å². The van der Waals surface area contributed by atoms with Crippen molar-refractivity contribution in [3.05, 3.63) is 47.5 Å². The van der Waals surface area contributed by atoms with Crippen LogP contribution in [-0.2, 0) is 15.7 Å². The lowest BCUT2D eigenvalue weighted by atomic mass is 9.98. The lowest BCUT2D eigenvalue weighted by Gasteiger charge is -2.27. The van der Waals surface area contributed by atoms with E-state index in [2.05, 4.69) is 19.1 Å². The molecule has 9 heteroatoms. The molecule has 2 atom stereocenters. The van der Waals surface area contributed by atoms with Gasteiger partial charge < -0.3 is 14.2 Å². The standard InChI is InChI=1S/C20H23N3O5S/c1-20(2,3)29(25)23-14-9-18(15-10-22-16(11-21-15)19(24)27-5)28-17-8-12(26-4)6-7-13(14)17/h6-8,10-11,18H,9H2,1-5H3/t18-,29+/m1/s1. The molecule has 0 saturated heterocycles. The summed E-state index contributed by atoms with van der Waals surface area (Å²) in [4.78, 5) is 20.0. The van der Waals surface area contributed by atoms with Crippen molar-refractivity contribution in [1.29, 1.82) is 0 Å². The molecule has 0 amide bonds. The Morgan fingerprint density at radius 2 is 2.00 bits per heavy atom. The third-order valence-electron chi connectivity index (χ3n) is 4.26. The van der Waals surface area contributed by atoms with E-state index in [1.165, 1.54) is 19.5 Å². The number of fused-ring (bicyclic) bond motifs is 1. The number of esters is 1. The van der Waals surface area contributed by atoms with E-state index in [0.717, 1.165) is 5.56 Å². The highest BCUT2D eigenvalue weighted by Gasteiger charge is 2.30. The first-order valence-electron chi connectivity index (χ1n) is 8.98. The Bertz CT molecular complexity index is 967. The van der Waals surface area contributed by atoms with E-state index in [4.69, 9.17) is 9.47 Å². The van der Waals surface area contributed by atoms with Crippen molar-refractivity contribution in [3.8, 4) is 11.5 Å². The minimum Gasteiger partial charge on any atom is -0.497 e. The fourth-order valence-electron chi connectivity index (χ4n) is 2.65. The number of methoxy groups -OCH3 is 2. The molecule has 0 spiro atoms. The molecule has 3 rings (SSSR count). The van der Waals surface area contributed by atoms with Gasteiger partial charge in [0.2, 0.25) is 0 Å². The molecule has 0 N–H and O–H groups in total. The van der Waals surface area contributed by atoms with Crippen molar-refractivity contribution in [1.82, 2.24) is 9.97 Å². The Morgan fingerprint density at radius 3 is 2.59 bits per heavy atom. The normalized spacial score (nSPS) is 18.5. The molecule has 0 unspecified atom stereocenters. The van der Waals surface area contributed by atoms with E-state index in [1.807, 2.05) is 32.9 Å². The van der Waals surface area contributed by atoms with Crippen LogP contribution in [0, 0.1) is 0 Å². The summed E-state index contributed by atoms with van der Waals surface area (Å²) in [5, 5.41) is 0. The maximum atomic E-state index is 12.6. The number of ether oxygens (including phenoxy) is 3. The fraction of sp³-hybridized carbons (Fsp3) is 0.400. The molecule has 0 saturated carbocycles. The minimum atomic E-state index is -1.43. The summed E-state index contributed by atoms with van der Waals surface area (Å²) in [5.41, 5.74) is 2.06. The van der Waals surface area contributed by atoms with E-state index < -0.39 is 27.8 Å². The van der Waals surface area contributed by atoms with Gasteiger partial charge in [-0.2, -0.15) is 4.40 Å². The van der Waals surface area contributed by atoms with Crippen LogP contribution in [0.25, 0.3) is 0 Å². The van der Waals surface area contributed by atoms with Gasteiger partial charge in [0.15, 0.2) is 5.69 Å². The van der Waals surface area contributed by atoms with Crippen LogP contribution >= 0.6 is 0 Å². The second-order valence-corrected chi connectivity index (χ2v) is 9.30. The number of aromatic nitrogens is 2. The maximum absolute atomic E-state index is 12.6. The van der Waals surface area contributed by atoms with Crippen LogP contribution in [0.15, 0.2) is 35.0 Å². The number of carbonyl (C=O) groups excluding carboxylic acids is 1. The molecule has 0 bridgehead atoms. The highest BCUT2D eigenvalue weighted by molar-refractivity contribution is 7.85. The number of nitrogens with zero attached hydrogens (tertiary/aromatic N) is 3. The molecular formula is C20H23N3O5S. The van der Waals surface area contributed by atoms with Gasteiger partial charge in [-0.25, -0.2) is 14.0 Å². The number of hydrogen-bond acceptors (Lipinski definition) is 7. The van der Waals surface area contributed by atoms with Crippen LogP contribution < -0.4 is 9.47 Å². The summed E-state index contributed by atoms with van der Waals surface area (Å²) in [6, 6.07) is 5.41. The molecule has 29 heavy (non-hydrogen) atoms. The molecular weight excluding hydrogens is 394 g/mol. The Hall–Kier alpha value is -2.81. The zero-order chi connectivity index (χ0) is 21.2. The van der Waals surface area contributed by atoms with Gasteiger partial charge in [-0.05, 0) is 32.9 Å². The number of carbonyl (C=O) groups is 1. The molecule has 1 aromatic heterocycles. The van der Waals surface area contributed by atoms with Crippen LogP contribution in [0.4, 0.5) is 0 Å². The van der Waals surface area contributed by atoms with Gasteiger partial charge in [0.25, 0.3) is 0 Å². The Morgan fingerprint density at radius 1 is 1.24 bits per heavy atom. The first kappa shape index (κ1) is 20.9. The predicted molar refractivity (Wildman–Crippen MR) is 109 cm³/mol. The van der Waals surface area contributed by atoms with E-state index in [-0.39, 0.29) is 5.69 Å². The first-order chi connectivity index (χ1) is 13.7. The molecule has 0 aliphatic carbocycles. The molecule has 1 aliphatic rings. The zero-order valence-electron chi connectivity index (χ0n) is 17.0. The summed E-state index contributed by atoms with van der Waals surface area (Å²) in [6.45, 7) is 5.61. The smallest absolute Gasteiger partial charge is 0.358 e. The quantitative estimate of drug-likeness (QED) is 0.705. The Kier molecular flexibility index (Phi) is 5.97. The van der Waals surface area contributed by atoms with Crippen molar-refractivity contribution in [2.24, 2.45) is 4.40 Å². The van der Waals surface area contributed by atoms with Crippen molar-refractivity contribution in [2.75, 3.05) is 14.2 Å². The summed E-state index contributed by atoms with van der Waals surface area (Å²) >= 11 is 0. The minimum absolute atomic E-state index is 0.108. The lowest BCUT2D eigenvalue weighted by molar-refractivity contribution is 0.0593. The Balaban J connectivity index is 2.00. The average Bonchev–Trinajstić information content (AvgIpc) is 2.71. The molecule has 154 valence electrons. The van der Waals surface area contributed by atoms with Gasteiger partial charge in [0.05, 0.1) is 42.8 Å². The van der Waals surface area contributed by atoms with Crippen LogP contribution in [0.1, 0.15) is 55.0 Å². The van der Waals surface area contributed by atoms with Gasteiger partial charge in [-0.3, -0.25) is 4.98 Å². The lowest BCUT2D eigenvalue weighted by Crippen LogP contribution is -2.25. The molecule has 1 aromatic carbocycles. The van der Waals surface area contributed by atoms with Crippen molar-refractivity contribution in [2.45, 2.75) is 38.0 Å². The van der Waals surface area contributed by atoms with E-state index >= 15 is 0 Å². The third-order valence-corrected chi connectivity index (χ3v) is 5.69. The highest BCUT2D eigenvalue weighted by atomic mass is 32.2. The molecule has 8 nitrogen and oxygen atoms in total. The van der Waals surface area contributed by atoms with Crippen LogP contribution in [-0.4, -0.2) is 44.8 Å². The summed E-state index contributed by atoms with van der Waals surface area (Å²) < 4.78 is 32.7. The average molecular weight is 417 g/mol. The molecule has 2 aromatic rings. The summed E-state index contributed by atoms with van der Waals surface area (Å²) in [6.07, 6.45) is 2.69. The van der Waals surface area contributed by atoms with Crippen molar-refractivity contribution in [3.63, 3.8) is 0 Å². The van der Waals surface area contributed by atoms with Gasteiger partial charge in [-0.15, -0.1) is 0 Å². The maximum Gasteiger partial charge on any atom is 0.358 e. The SMILES string of the molecule is COC(=O)c1cnc([C@H]2CC(=N[S@@](=O)C(C)(C)C)c3ccc(OC)cc3O2)cn1. The van der Waals surface area contributed by atoms with Crippen LogP contribution in [0.3, 0.4) is 0 Å². The summed E-state index contributed by atoms with van der Waals surface area (Å²) in [5.74, 6) is 0.628. The van der Waals surface area contributed by atoms with E-state index in [9.17, 15) is 9.00 Å². The highest BCUT2D eigenvalue weighted by Crippen LogP contribution is 2.37. The second kappa shape index (κ2) is 8.28. The summed E-state index contributed by atoms with van der Waals surface area (Å²) in [7, 11) is 1.43. The van der Waals surface area contributed by atoms with Gasteiger partial charge in [-0.1, -0.05) is 0 Å². The van der Waals surface area contributed by atoms with Crippen LogP contribution in [0.2, 0.25) is 0 Å². The van der Waals surface area contributed by atoms with Gasteiger partial charge in [0, 0.05) is 18.1 Å². The first-order valence-corrected chi connectivity index (χ1v) is 10.1. The van der Waals surface area contributed by atoms with Gasteiger partial charge >= 0.3 is 5.97 Å². The van der Waals surface area contributed by atoms with E-state index in [1.54, 1.807) is 13.2 Å². The molecule has 0 radical (unpaired) electrons. The van der Waals surface area contributed by atoms with E-state index in [0.29, 0.717) is 29.3 Å². The largest absolute Gasteiger partial charge is 0.497 e. The van der Waals surface area contributed by atoms with Gasteiger partial charge in [0.1, 0.15) is 28.6 Å². The molecule has 1 aliphatic heterocycles.